The minimum atomic E-state index is -0.474. The number of hydrogen-bond donors (Lipinski definition) is 2. The van der Waals surface area contributed by atoms with E-state index in [1.54, 1.807) is 42.5 Å². The molecule has 20 heavy (non-hydrogen) atoms. The van der Waals surface area contributed by atoms with Crippen molar-refractivity contribution >= 4 is 11.4 Å². The molecule has 0 atom stereocenters. The Balaban J connectivity index is 2.21. The molecule has 0 bridgehead atoms. The minimum absolute atomic E-state index is 0.0891. The van der Waals surface area contributed by atoms with Crippen LogP contribution < -0.4 is 10.1 Å². The Bertz CT molecular complexity index is 611. The predicted molar refractivity (Wildman–Crippen MR) is 75.1 cm³/mol. The van der Waals surface area contributed by atoms with Crippen LogP contribution in [0.4, 0.5) is 11.4 Å². The zero-order valence-electron chi connectivity index (χ0n) is 10.9. The van der Waals surface area contributed by atoms with Gasteiger partial charge in [0, 0.05) is 6.54 Å². The van der Waals surface area contributed by atoms with E-state index in [9.17, 15) is 15.2 Å². The highest BCUT2D eigenvalue weighted by Gasteiger charge is 2.19. The number of nitro groups is 1. The van der Waals surface area contributed by atoms with Crippen molar-refractivity contribution in [2.75, 3.05) is 12.4 Å². The molecule has 0 aliphatic rings. The largest absolute Gasteiger partial charge is 0.508 e. The van der Waals surface area contributed by atoms with Crippen LogP contribution in [0.3, 0.4) is 0 Å². The molecule has 0 aliphatic heterocycles. The first-order valence-electron chi connectivity index (χ1n) is 5.95. The highest BCUT2D eigenvalue weighted by Crippen LogP contribution is 2.34. The van der Waals surface area contributed by atoms with E-state index in [1.165, 1.54) is 7.11 Å². The first-order chi connectivity index (χ1) is 9.61. The summed E-state index contributed by atoms with van der Waals surface area (Å²) in [4.78, 5) is 10.6. The highest BCUT2D eigenvalue weighted by atomic mass is 16.6. The summed E-state index contributed by atoms with van der Waals surface area (Å²) in [6.07, 6.45) is 0. The molecule has 0 heterocycles. The fourth-order valence-corrected chi connectivity index (χ4v) is 1.83. The number of nitro benzene ring substituents is 1. The molecule has 0 radical (unpaired) electrons. The maximum absolute atomic E-state index is 11.1. The molecule has 0 spiro atoms. The van der Waals surface area contributed by atoms with E-state index < -0.39 is 4.92 Å². The van der Waals surface area contributed by atoms with Crippen molar-refractivity contribution in [2.45, 2.75) is 6.54 Å². The van der Waals surface area contributed by atoms with Crippen molar-refractivity contribution in [3.8, 4) is 11.5 Å². The SMILES string of the molecule is COc1cccc(NCc2ccc(O)cc2)c1[N+](=O)[O-]. The van der Waals surface area contributed by atoms with Crippen molar-refractivity contribution in [1.29, 1.82) is 0 Å². The van der Waals surface area contributed by atoms with Gasteiger partial charge in [-0.2, -0.15) is 0 Å². The van der Waals surface area contributed by atoms with Gasteiger partial charge in [-0.1, -0.05) is 18.2 Å². The Morgan fingerprint density at radius 1 is 1.25 bits per heavy atom. The van der Waals surface area contributed by atoms with Crippen molar-refractivity contribution in [2.24, 2.45) is 0 Å². The van der Waals surface area contributed by atoms with Gasteiger partial charge in [-0.3, -0.25) is 10.1 Å². The lowest BCUT2D eigenvalue weighted by Gasteiger charge is -2.09. The van der Waals surface area contributed by atoms with Crippen LogP contribution in [0.2, 0.25) is 0 Å². The Labute approximate surface area is 115 Å². The zero-order valence-corrected chi connectivity index (χ0v) is 10.9. The standard InChI is InChI=1S/C14H14N2O4/c1-20-13-4-2-3-12(14(13)16(18)19)15-9-10-5-7-11(17)8-6-10/h2-8,15,17H,9H2,1H3. The van der Waals surface area contributed by atoms with Crippen LogP contribution >= 0.6 is 0 Å². The number of nitrogens with zero attached hydrogens (tertiary/aromatic N) is 1. The summed E-state index contributed by atoms with van der Waals surface area (Å²) in [5.74, 6) is 0.395. The smallest absolute Gasteiger partial charge is 0.333 e. The summed E-state index contributed by atoms with van der Waals surface area (Å²) in [5, 5.41) is 23.3. The molecule has 104 valence electrons. The average molecular weight is 274 g/mol. The van der Waals surface area contributed by atoms with Gasteiger partial charge in [0.15, 0.2) is 5.75 Å². The fourth-order valence-electron chi connectivity index (χ4n) is 1.83. The van der Waals surface area contributed by atoms with Gasteiger partial charge < -0.3 is 15.2 Å². The summed E-state index contributed by atoms with van der Waals surface area (Å²) in [5.41, 5.74) is 1.20. The molecule has 2 aromatic carbocycles. The van der Waals surface area contributed by atoms with Crippen LogP contribution in [0.25, 0.3) is 0 Å². The Morgan fingerprint density at radius 2 is 1.95 bits per heavy atom. The van der Waals surface area contributed by atoms with E-state index in [1.807, 2.05) is 0 Å². The predicted octanol–water partition coefficient (Wildman–Crippen LogP) is 2.92. The molecular weight excluding hydrogens is 260 g/mol. The molecular formula is C14H14N2O4. The summed E-state index contributed by atoms with van der Waals surface area (Å²) in [7, 11) is 1.39. The molecule has 2 N–H and O–H groups in total. The Hall–Kier alpha value is -2.76. The van der Waals surface area contributed by atoms with Gasteiger partial charge in [0.2, 0.25) is 0 Å². The summed E-state index contributed by atoms with van der Waals surface area (Å²) >= 11 is 0. The minimum Gasteiger partial charge on any atom is -0.508 e. The van der Waals surface area contributed by atoms with Crippen molar-refractivity contribution in [3.05, 3.63) is 58.1 Å². The average Bonchev–Trinajstić information content (AvgIpc) is 2.46. The number of aromatic hydroxyl groups is 1. The van der Waals surface area contributed by atoms with E-state index in [0.29, 0.717) is 12.2 Å². The number of methoxy groups -OCH3 is 1. The quantitative estimate of drug-likeness (QED) is 0.646. The number of benzene rings is 2. The van der Waals surface area contributed by atoms with Gasteiger partial charge in [-0.05, 0) is 29.8 Å². The maximum Gasteiger partial charge on any atom is 0.333 e. The Kier molecular flexibility index (Phi) is 4.05. The summed E-state index contributed by atoms with van der Waals surface area (Å²) in [6, 6.07) is 11.5. The number of ether oxygens (including phenoxy) is 1. The lowest BCUT2D eigenvalue weighted by Crippen LogP contribution is -2.03. The normalized spacial score (nSPS) is 10.1. The van der Waals surface area contributed by atoms with Crippen LogP contribution in [-0.4, -0.2) is 17.1 Å². The van der Waals surface area contributed by atoms with Gasteiger partial charge in [0.05, 0.1) is 12.0 Å². The molecule has 2 aromatic rings. The lowest BCUT2D eigenvalue weighted by molar-refractivity contribution is -0.384. The Morgan fingerprint density at radius 3 is 2.55 bits per heavy atom. The number of rotatable bonds is 5. The molecule has 0 aromatic heterocycles. The van der Waals surface area contributed by atoms with E-state index in [-0.39, 0.29) is 17.2 Å². The van der Waals surface area contributed by atoms with Gasteiger partial charge in [-0.25, -0.2) is 0 Å². The number of para-hydroxylation sites is 1. The number of nitrogens with one attached hydrogen (secondary N) is 1. The van der Waals surface area contributed by atoms with E-state index in [4.69, 9.17) is 4.74 Å². The summed E-state index contributed by atoms with van der Waals surface area (Å²) in [6.45, 7) is 0.411. The molecule has 6 heteroatoms. The number of phenols is 1. The van der Waals surface area contributed by atoms with Crippen molar-refractivity contribution < 1.29 is 14.8 Å². The molecule has 0 saturated carbocycles. The van der Waals surface area contributed by atoms with E-state index in [2.05, 4.69) is 5.32 Å². The number of anilines is 1. The van der Waals surface area contributed by atoms with Crippen LogP contribution in [-0.2, 0) is 6.54 Å². The third kappa shape index (κ3) is 2.97. The molecule has 0 unspecified atom stereocenters. The number of hydrogen-bond acceptors (Lipinski definition) is 5. The van der Waals surface area contributed by atoms with Crippen molar-refractivity contribution in [3.63, 3.8) is 0 Å². The zero-order chi connectivity index (χ0) is 14.5. The fraction of sp³-hybridized carbons (Fsp3) is 0.143. The van der Waals surface area contributed by atoms with Gasteiger partial charge in [0.25, 0.3) is 0 Å². The monoisotopic (exact) mass is 274 g/mol. The molecule has 0 fully saturated rings. The molecule has 6 nitrogen and oxygen atoms in total. The lowest BCUT2D eigenvalue weighted by atomic mass is 10.2. The van der Waals surface area contributed by atoms with Crippen LogP contribution in [0.5, 0.6) is 11.5 Å². The maximum atomic E-state index is 11.1. The number of phenolic OH excluding ortho intramolecular Hbond substituents is 1. The second-order valence-corrected chi connectivity index (χ2v) is 4.13. The third-order valence-corrected chi connectivity index (χ3v) is 2.82. The molecule has 2 rings (SSSR count). The molecule has 0 amide bonds. The summed E-state index contributed by atoms with van der Waals surface area (Å²) < 4.78 is 5.00. The van der Waals surface area contributed by atoms with Crippen LogP contribution in [0.1, 0.15) is 5.56 Å². The van der Waals surface area contributed by atoms with Gasteiger partial charge in [-0.15, -0.1) is 0 Å². The van der Waals surface area contributed by atoms with E-state index >= 15 is 0 Å². The molecule has 0 saturated heterocycles. The van der Waals surface area contributed by atoms with Gasteiger partial charge >= 0.3 is 5.69 Å². The van der Waals surface area contributed by atoms with Gasteiger partial charge in [0.1, 0.15) is 11.4 Å². The highest BCUT2D eigenvalue weighted by molar-refractivity contribution is 5.68. The van der Waals surface area contributed by atoms with Crippen molar-refractivity contribution in [1.82, 2.24) is 0 Å². The van der Waals surface area contributed by atoms with E-state index in [0.717, 1.165) is 5.56 Å². The second kappa shape index (κ2) is 5.92. The molecule has 0 aliphatic carbocycles. The third-order valence-electron chi connectivity index (χ3n) is 2.82. The van der Waals surface area contributed by atoms with Crippen LogP contribution in [0.15, 0.2) is 42.5 Å². The first-order valence-corrected chi connectivity index (χ1v) is 5.95. The first kappa shape index (κ1) is 13.7. The topological polar surface area (TPSA) is 84.6 Å². The second-order valence-electron chi connectivity index (χ2n) is 4.13. The van der Waals surface area contributed by atoms with Crippen LogP contribution in [0, 0.1) is 10.1 Å².